The lowest BCUT2D eigenvalue weighted by molar-refractivity contribution is -0.143. The lowest BCUT2D eigenvalue weighted by Gasteiger charge is -2.37. The zero-order valence-electron chi connectivity index (χ0n) is 9.16. The fraction of sp³-hybridized carbons (Fsp3) is 0.900. The van der Waals surface area contributed by atoms with Crippen LogP contribution in [0.2, 0.25) is 0 Å². The SMILES string of the molecule is CC1CN(C(C)C(C)C(=O)O)CCN1. The van der Waals surface area contributed by atoms with E-state index in [1.54, 1.807) is 6.92 Å². The van der Waals surface area contributed by atoms with Gasteiger partial charge in [0, 0.05) is 31.7 Å². The number of nitrogens with one attached hydrogen (secondary N) is 1. The first-order valence-corrected chi connectivity index (χ1v) is 5.22. The molecule has 0 aromatic heterocycles. The molecule has 3 atom stereocenters. The lowest BCUT2D eigenvalue weighted by atomic mass is 10.0. The molecule has 0 radical (unpaired) electrons. The van der Waals surface area contributed by atoms with Crippen LogP contribution in [0.4, 0.5) is 0 Å². The minimum Gasteiger partial charge on any atom is -0.481 e. The zero-order chi connectivity index (χ0) is 10.7. The Hall–Kier alpha value is -0.610. The predicted octanol–water partition coefficient (Wildman–Crippen LogP) is 0.389. The molecule has 1 fully saturated rings. The topological polar surface area (TPSA) is 52.6 Å². The molecule has 3 unspecified atom stereocenters. The standard InChI is InChI=1S/C10H20N2O2/c1-7-6-12(5-4-11-7)9(3)8(2)10(13)14/h7-9,11H,4-6H2,1-3H3,(H,13,14). The van der Waals surface area contributed by atoms with E-state index in [-0.39, 0.29) is 12.0 Å². The summed E-state index contributed by atoms with van der Waals surface area (Å²) < 4.78 is 0. The average molecular weight is 200 g/mol. The van der Waals surface area contributed by atoms with Crippen LogP contribution in [0.3, 0.4) is 0 Å². The number of rotatable bonds is 3. The van der Waals surface area contributed by atoms with Gasteiger partial charge < -0.3 is 10.4 Å². The first-order valence-electron chi connectivity index (χ1n) is 5.22. The average Bonchev–Trinajstić information content (AvgIpc) is 2.15. The van der Waals surface area contributed by atoms with Gasteiger partial charge in [-0.3, -0.25) is 9.69 Å². The van der Waals surface area contributed by atoms with E-state index in [2.05, 4.69) is 17.1 Å². The highest BCUT2D eigenvalue weighted by molar-refractivity contribution is 5.70. The van der Waals surface area contributed by atoms with Gasteiger partial charge in [0.05, 0.1) is 5.92 Å². The summed E-state index contributed by atoms with van der Waals surface area (Å²) in [6.45, 7) is 8.75. The molecular formula is C10H20N2O2. The molecule has 82 valence electrons. The zero-order valence-corrected chi connectivity index (χ0v) is 9.16. The number of carbonyl (C=O) groups is 1. The van der Waals surface area contributed by atoms with E-state index in [1.165, 1.54) is 0 Å². The second kappa shape index (κ2) is 4.75. The number of piperazine rings is 1. The largest absolute Gasteiger partial charge is 0.481 e. The molecule has 0 aromatic carbocycles. The molecule has 0 bridgehead atoms. The monoisotopic (exact) mass is 200 g/mol. The Bertz CT molecular complexity index is 208. The summed E-state index contributed by atoms with van der Waals surface area (Å²) in [5.74, 6) is -0.996. The van der Waals surface area contributed by atoms with Crippen molar-refractivity contribution in [3.05, 3.63) is 0 Å². The van der Waals surface area contributed by atoms with Crippen molar-refractivity contribution in [2.75, 3.05) is 19.6 Å². The number of hydrogen-bond donors (Lipinski definition) is 2. The van der Waals surface area contributed by atoms with E-state index < -0.39 is 5.97 Å². The molecule has 0 aromatic rings. The molecule has 1 rings (SSSR count). The summed E-state index contributed by atoms with van der Waals surface area (Å²) in [6, 6.07) is 0.587. The van der Waals surface area contributed by atoms with E-state index in [4.69, 9.17) is 5.11 Å². The van der Waals surface area contributed by atoms with Gasteiger partial charge in [0.1, 0.15) is 0 Å². The minimum atomic E-state index is -0.705. The highest BCUT2D eigenvalue weighted by Crippen LogP contribution is 2.13. The van der Waals surface area contributed by atoms with Gasteiger partial charge in [-0.1, -0.05) is 6.92 Å². The van der Waals surface area contributed by atoms with Crippen molar-refractivity contribution in [3.63, 3.8) is 0 Å². The Balaban J connectivity index is 2.50. The molecule has 4 nitrogen and oxygen atoms in total. The quantitative estimate of drug-likeness (QED) is 0.692. The normalized spacial score (nSPS) is 28.4. The molecule has 0 saturated carbocycles. The summed E-state index contributed by atoms with van der Waals surface area (Å²) in [4.78, 5) is 13.1. The minimum absolute atomic E-state index is 0.122. The second-order valence-electron chi connectivity index (χ2n) is 4.22. The van der Waals surface area contributed by atoms with Gasteiger partial charge in [0.2, 0.25) is 0 Å². The highest BCUT2D eigenvalue weighted by Gasteiger charge is 2.27. The molecule has 4 heteroatoms. The van der Waals surface area contributed by atoms with E-state index in [0.29, 0.717) is 6.04 Å². The Morgan fingerprint density at radius 3 is 2.71 bits per heavy atom. The van der Waals surface area contributed by atoms with Crippen LogP contribution in [0.25, 0.3) is 0 Å². The van der Waals surface area contributed by atoms with E-state index >= 15 is 0 Å². The first-order chi connectivity index (χ1) is 6.52. The van der Waals surface area contributed by atoms with E-state index in [1.807, 2.05) is 6.92 Å². The Labute approximate surface area is 85.3 Å². The van der Waals surface area contributed by atoms with Crippen LogP contribution in [0.1, 0.15) is 20.8 Å². The maximum absolute atomic E-state index is 10.8. The van der Waals surface area contributed by atoms with Crippen LogP contribution in [-0.2, 0) is 4.79 Å². The summed E-state index contributed by atoms with van der Waals surface area (Å²) in [5.41, 5.74) is 0. The van der Waals surface area contributed by atoms with Crippen molar-refractivity contribution in [3.8, 4) is 0 Å². The third-order valence-electron chi connectivity index (χ3n) is 3.09. The van der Waals surface area contributed by atoms with Crippen LogP contribution in [0, 0.1) is 5.92 Å². The summed E-state index contributed by atoms with van der Waals surface area (Å²) in [5, 5.41) is 12.3. The summed E-state index contributed by atoms with van der Waals surface area (Å²) in [7, 11) is 0. The Morgan fingerprint density at radius 1 is 1.57 bits per heavy atom. The highest BCUT2D eigenvalue weighted by atomic mass is 16.4. The molecule has 1 aliphatic rings. The molecule has 1 heterocycles. The van der Waals surface area contributed by atoms with Gasteiger partial charge >= 0.3 is 5.97 Å². The Kier molecular flexibility index (Phi) is 3.89. The molecule has 1 saturated heterocycles. The van der Waals surface area contributed by atoms with Crippen molar-refractivity contribution in [2.45, 2.75) is 32.9 Å². The fourth-order valence-electron chi connectivity index (χ4n) is 1.85. The second-order valence-corrected chi connectivity index (χ2v) is 4.22. The first kappa shape index (κ1) is 11.5. The number of hydrogen-bond acceptors (Lipinski definition) is 3. The van der Waals surface area contributed by atoms with Gasteiger partial charge in [-0.25, -0.2) is 0 Å². The number of carboxylic acid groups (broad SMARTS) is 1. The van der Waals surface area contributed by atoms with Gasteiger partial charge in [-0.15, -0.1) is 0 Å². The number of carboxylic acids is 1. The van der Waals surface area contributed by atoms with Gasteiger partial charge in [-0.05, 0) is 13.8 Å². The van der Waals surface area contributed by atoms with Crippen molar-refractivity contribution in [2.24, 2.45) is 5.92 Å². The maximum atomic E-state index is 10.8. The lowest BCUT2D eigenvalue weighted by Crippen LogP contribution is -2.54. The van der Waals surface area contributed by atoms with Gasteiger partial charge in [0.25, 0.3) is 0 Å². The number of aliphatic carboxylic acids is 1. The molecule has 1 aliphatic heterocycles. The fourth-order valence-corrected chi connectivity index (χ4v) is 1.85. The molecule has 0 amide bonds. The van der Waals surface area contributed by atoms with Gasteiger partial charge in [-0.2, -0.15) is 0 Å². The Morgan fingerprint density at radius 2 is 2.21 bits per heavy atom. The molecule has 14 heavy (non-hydrogen) atoms. The smallest absolute Gasteiger partial charge is 0.307 e. The predicted molar refractivity (Wildman–Crippen MR) is 55.3 cm³/mol. The van der Waals surface area contributed by atoms with E-state index in [9.17, 15) is 4.79 Å². The van der Waals surface area contributed by atoms with Crippen LogP contribution in [0.15, 0.2) is 0 Å². The maximum Gasteiger partial charge on any atom is 0.307 e. The van der Waals surface area contributed by atoms with Gasteiger partial charge in [0.15, 0.2) is 0 Å². The number of nitrogens with zero attached hydrogens (tertiary/aromatic N) is 1. The van der Waals surface area contributed by atoms with Crippen LogP contribution < -0.4 is 5.32 Å². The third kappa shape index (κ3) is 2.69. The van der Waals surface area contributed by atoms with Crippen molar-refractivity contribution < 1.29 is 9.90 Å². The molecule has 0 spiro atoms. The van der Waals surface area contributed by atoms with Crippen molar-refractivity contribution >= 4 is 5.97 Å². The summed E-state index contributed by atoms with van der Waals surface area (Å²) in [6.07, 6.45) is 0. The van der Waals surface area contributed by atoms with Crippen LogP contribution >= 0.6 is 0 Å². The third-order valence-corrected chi connectivity index (χ3v) is 3.09. The van der Waals surface area contributed by atoms with E-state index in [0.717, 1.165) is 19.6 Å². The molecular weight excluding hydrogens is 180 g/mol. The van der Waals surface area contributed by atoms with Crippen LogP contribution in [0.5, 0.6) is 0 Å². The van der Waals surface area contributed by atoms with Crippen molar-refractivity contribution in [1.82, 2.24) is 10.2 Å². The summed E-state index contributed by atoms with van der Waals surface area (Å²) >= 11 is 0. The molecule has 2 N–H and O–H groups in total. The van der Waals surface area contributed by atoms with Crippen LogP contribution in [-0.4, -0.2) is 47.7 Å². The van der Waals surface area contributed by atoms with Crippen molar-refractivity contribution in [1.29, 1.82) is 0 Å². The molecule has 0 aliphatic carbocycles.